The Morgan fingerprint density at radius 1 is 1.00 bits per heavy atom. The van der Waals surface area contributed by atoms with Crippen molar-refractivity contribution in [2.45, 2.75) is 12.1 Å². The van der Waals surface area contributed by atoms with Crippen molar-refractivity contribution in [3.63, 3.8) is 0 Å². The second kappa shape index (κ2) is 7.91. The Bertz CT molecular complexity index is 536. The van der Waals surface area contributed by atoms with Gasteiger partial charge in [-0.1, -0.05) is 0 Å². The molecule has 1 aliphatic heterocycles. The predicted octanol–water partition coefficient (Wildman–Crippen LogP) is -0.577. The molecule has 4 N–H and O–H groups in total. The fraction of sp³-hybridized carbons (Fsp3) is 0.400. The first-order chi connectivity index (χ1) is 10.5. The van der Waals surface area contributed by atoms with Gasteiger partial charge in [-0.25, -0.2) is 0 Å². The van der Waals surface area contributed by atoms with Gasteiger partial charge < -0.3 is 30.3 Å². The summed E-state index contributed by atoms with van der Waals surface area (Å²) in [5.74, 6) is -2.70. The van der Waals surface area contributed by atoms with Gasteiger partial charge in [0, 0.05) is 0 Å². The lowest BCUT2D eigenvalue weighted by atomic mass is 10.1. The molecule has 0 saturated carbocycles. The SMILES string of the molecule is N#[N+]/C=C(\O)OCC1NC(=O)C(CO/C(O)=C/[N+]#N)NC1=O. The van der Waals surface area contributed by atoms with Crippen LogP contribution >= 0.6 is 0 Å². The highest BCUT2D eigenvalue weighted by molar-refractivity contribution is 5.97. The minimum atomic E-state index is -1.07. The standard InChI is InChI=1S/C10H10N6O6/c11-13-1-7(17)21-3-5-9(19)16-6(10(20)15-5)4-22-8(18)2-14-12/h1-2,5-6H,3-4H2,(H2-2,15,16,17,18,19,20)/p+2/b7-1+,8-2+. The number of hydrogen-bond donors (Lipinski definition) is 4. The van der Waals surface area contributed by atoms with Crippen LogP contribution in [-0.4, -0.2) is 47.3 Å². The Labute approximate surface area is 123 Å². The minimum Gasteiger partial charge on any atom is -0.476 e. The van der Waals surface area contributed by atoms with Crippen LogP contribution in [0, 0.1) is 10.8 Å². The van der Waals surface area contributed by atoms with Crippen molar-refractivity contribution in [2.75, 3.05) is 13.2 Å². The number of nitrogens with zero attached hydrogens (tertiary/aromatic N) is 4. The quantitative estimate of drug-likeness (QED) is 0.372. The van der Waals surface area contributed by atoms with E-state index in [1.54, 1.807) is 0 Å². The minimum absolute atomic E-state index is 0.391. The van der Waals surface area contributed by atoms with Gasteiger partial charge in [0.1, 0.15) is 25.3 Å². The molecule has 2 amide bonds. The monoisotopic (exact) mass is 312 g/mol. The number of carbonyl (C=O) groups excluding carboxylic acids is 2. The molecule has 12 nitrogen and oxygen atoms in total. The molecule has 2 atom stereocenters. The highest BCUT2D eigenvalue weighted by Gasteiger charge is 2.35. The number of nitrogens with one attached hydrogen (secondary N) is 2. The maximum absolute atomic E-state index is 11.7. The molecule has 1 heterocycles. The van der Waals surface area contributed by atoms with Crippen molar-refractivity contribution in [1.82, 2.24) is 10.6 Å². The summed E-state index contributed by atoms with van der Waals surface area (Å²) in [6.07, 6.45) is 1.20. The first kappa shape index (κ1) is 16.5. The average Bonchev–Trinajstić information content (AvgIpc) is 2.47. The number of carbonyl (C=O) groups is 2. The number of amides is 2. The van der Waals surface area contributed by atoms with E-state index < -0.39 is 49.0 Å². The first-order valence-corrected chi connectivity index (χ1v) is 5.81. The molecule has 0 aromatic rings. The second-order valence-electron chi connectivity index (χ2n) is 3.91. The Morgan fingerprint density at radius 3 is 1.68 bits per heavy atom. The molecule has 0 aromatic carbocycles. The second-order valence-corrected chi connectivity index (χ2v) is 3.91. The van der Waals surface area contributed by atoms with Gasteiger partial charge in [-0.05, 0) is 0 Å². The van der Waals surface area contributed by atoms with E-state index in [0.29, 0.717) is 12.4 Å². The van der Waals surface area contributed by atoms with E-state index in [9.17, 15) is 9.59 Å². The molecule has 22 heavy (non-hydrogen) atoms. The van der Waals surface area contributed by atoms with Crippen LogP contribution in [0.4, 0.5) is 0 Å². The van der Waals surface area contributed by atoms with Gasteiger partial charge in [0.05, 0.1) is 0 Å². The third-order valence-electron chi connectivity index (χ3n) is 2.40. The maximum atomic E-state index is 11.7. The van der Waals surface area contributed by atoms with Crippen LogP contribution < -0.4 is 10.6 Å². The number of aliphatic hydroxyl groups is 2. The molecule has 12 heteroatoms. The van der Waals surface area contributed by atoms with Crippen molar-refractivity contribution in [3.8, 4) is 0 Å². The van der Waals surface area contributed by atoms with Gasteiger partial charge in [-0.3, -0.25) is 9.59 Å². The lowest BCUT2D eigenvalue weighted by Crippen LogP contribution is -2.64. The van der Waals surface area contributed by atoms with E-state index in [-0.39, 0.29) is 0 Å². The van der Waals surface area contributed by atoms with Crippen LogP contribution in [0.15, 0.2) is 24.3 Å². The van der Waals surface area contributed by atoms with Crippen molar-refractivity contribution in [3.05, 3.63) is 34.2 Å². The summed E-state index contributed by atoms with van der Waals surface area (Å²) in [6.45, 7) is -0.783. The zero-order chi connectivity index (χ0) is 16.5. The molecule has 1 aliphatic rings. The van der Waals surface area contributed by atoms with Crippen molar-refractivity contribution in [2.24, 2.45) is 0 Å². The van der Waals surface area contributed by atoms with Crippen LogP contribution in [0.25, 0.3) is 9.95 Å². The summed E-state index contributed by atoms with van der Waals surface area (Å²) >= 11 is 0. The molecule has 1 saturated heterocycles. The van der Waals surface area contributed by atoms with Crippen LogP contribution in [0.1, 0.15) is 0 Å². The van der Waals surface area contributed by atoms with E-state index in [2.05, 4.69) is 30.1 Å². The molecule has 0 bridgehead atoms. The van der Waals surface area contributed by atoms with Crippen molar-refractivity contribution >= 4 is 11.8 Å². The summed E-state index contributed by atoms with van der Waals surface area (Å²) in [6, 6.07) is -2.15. The number of piperazine rings is 1. The lowest BCUT2D eigenvalue weighted by molar-refractivity contribution is -0.139. The van der Waals surface area contributed by atoms with Gasteiger partial charge in [0.15, 0.2) is 9.95 Å². The van der Waals surface area contributed by atoms with Gasteiger partial charge >= 0.3 is 24.3 Å². The maximum Gasteiger partial charge on any atom is 0.429 e. The normalized spacial score (nSPS) is 21.9. The Morgan fingerprint density at radius 2 is 1.36 bits per heavy atom. The molecule has 1 rings (SSSR count). The van der Waals surface area contributed by atoms with Gasteiger partial charge in [0.25, 0.3) is 0 Å². The largest absolute Gasteiger partial charge is 0.476 e. The average molecular weight is 312 g/mol. The van der Waals surface area contributed by atoms with E-state index in [4.69, 9.17) is 21.0 Å². The summed E-state index contributed by atoms with van der Waals surface area (Å²) in [4.78, 5) is 28.5. The highest BCUT2D eigenvalue weighted by atomic mass is 16.6. The van der Waals surface area contributed by atoms with Crippen molar-refractivity contribution < 1.29 is 29.3 Å². The van der Waals surface area contributed by atoms with Crippen LogP contribution in [0.2, 0.25) is 0 Å². The Hall–Kier alpha value is -3.54. The lowest BCUT2D eigenvalue weighted by Gasteiger charge is -2.28. The topological polar surface area (TPSA) is 173 Å². The number of aliphatic hydroxyl groups excluding tert-OH is 2. The number of rotatable bonds is 6. The van der Waals surface area contributed by atoms with Crippen LogP contribution in [0.5, 0.6) is 0 Å². The Kier molecular flexibility index (Phi) is 5.94. The van der Waals surface area contributed by atoms with E-state index in [0.717, 1.165) is 0 Å². The van der Waals surface area contributed by atoms with Crippen LogP contribution in [0.3, 0.4) is 0 Å². The molecular formula is C10H12N6O6+2. The highest BCUT2D eigenvalue weighted by Crippen LogP contribution is 2.03. The molecular weight excluding hydrogens is 300 g/mol. The molecule has 0 spiro atoms. The third-order valence-corrected chi connectivity index (χ3v) is 2.40. The molecule has 0 aliphatic carbocycles. The predicted molar refractivity (Wildman–Crippen MR) is 67.4 cm³/mol. The molecule has 1 fully saturated rings. The zero-order valence-electron chi connectivity index (χ0n) is 11.0. The summed E-state index contributed by atoms with van der Waals surface area (Å²) in [5.41, 5.74) is 0. The van der Waals surface area contributed by atoms with E-state index >= 15 is 0 Å². The van der Waals surface area contributed by atoms with Crippen LogP contribution in [-0.2, 0) is 19.1 Å². The van der Waals surface area contributed by atoms with Gasteiger partial charge in [0.2, 0.25) is 22.6 Å². The van der Waals surface area contributed by atoms with E-state index in [1.807, 2.05) is 0 Å². The molecule has 0 aromatic heterocycles. The summed E-state index contributed by atoms with van der Waals surface area (Å²) in [7, 11) is 0. The summed E-state index contributed by atoms with van der Waals surface area (Å²) < 4.78 is 9.35. The zero-order valence-corrected chi connectivity index (χ0v) is 11.0. The van der Waals surface area contributed by atoms with Crippen molar-refractivity contribution in [1.29, 1.82) is 10.8 Å². The molecule has 0 radical (unpaired) electrons. The Balaban J connectivity index is 2.51. The first-order valence-electron chi connectivity index (χ1n) is 5.81. The fourth-order valence-electron chi connectivity index (χ4n) is 1.42. The molecule has 2 unspecified atom stereocenters. The third kappa shape index (κ3) is 4.86. The van der Waals surface area contributed by atoms with Gasteiger partial charge in [-0.2, -0.15) is 0 Å². The summed E-state index contributed by atoms with van der Waals surface area (Å²) in [5, 5.41) is 39.0. The number of diazo groups is 2. The number of hydrogen-bond acceptors (Lipinski definition) is 8. The van der Waals surface area contributed by atoms with E-state index in [1.165, 1.54) is 0 Å². The fourth-order valence-corrected chi connectivity index (χ4v) is 1.42. The van der Waals surface area contributed by atoms with Gasteiger partial charge in [-0.15, -0.1) is 0 Å². The molecule has 116 valence electrons. The number of ether oxygens (including phenoxy) is 2. The smallest absolute Gasteiger partial charge is 0.429 e.